The summed E-state index contributed by atoms with van der Waals surface area (Å²) in [5.41, 5.74) is 5.08. The van der Waals surface area contributed by atoms with Gasteiger partial charge in [-0.3, -0.25) is 4.79 Å². The van der Waals surface area contributed by atoms with Crippen LogP contribution < -0.4 is 5.73 Å². The first-order chi connectivity index (χ1) is 6.36. The molecule has 0 aromatic heterocycles. The summed E-state index contributed by atoms with van der Waals surface area (Å²) in [5, 5.41) is 8.91. The van der Waals surface area contributed by atoms with E-state index in [1.807, 2.05) is 6.92 Å². The van der Waals surface area contributed by atoms with Crippen LogP contribution in [0.25, 0.3) is 0 Å². The van der Waals surface area contributed by atoms with Crippen LogP contribution in [0.5, 0.6) is 0 Å². The SMILES string of the molecule is CCCC(C)(N)C(=O)N(C)C(C)CO. The number of rotatable bonds is 5. The maximum Gasteiger partial charge on any atom is 0.242 e. The molecule has 84 valence electrons. The van der Waals surface area contributed by atoms with Gasteiger partial charge in [0.1, 0.15) is 0 Å². The Morgan fingerprint density at radius 3 is 2.50 bits per heavy atom. The average Bonchev–Trinajstić information content (AvgIpc) is 2.14. The maximum absolute atomic E-state index is 11.8. The predicted octanol–water partition coefficient (Wildman–Crippen LogP) is 0.343. The molecule has 0 aromatic rings. The Kier molecular flexibility index (Phi) is 5.08. The molecule has 2 unspecified atom stereocenters. The fraction of sp³-hybridized carbons (Fsp3) is 0.900. The first-order valence-electron chi connectivity index (χ1n) is 5.03. The molecule has 14 heavy (non-hydrogen) atoms. The Balaban J connectivity index is 4.44. The quantitative estimate of drug-likeness (QED) is 0.675. The second-order valence-electron chi connectivity index (χ2n) is 4.12. The molecule has 0 radical (unpaired) electrons. The van der Waals surface area contributed by atoms with Crippen molar-refractivity contribution in [3.05, 3.63) is 0 Å². The molecule has 0 heterocycles. The normalized spacial score (nSPS) is 17.3. The molecule has 1 amide bonds. The van der Waals surface area contributed by atoms with Crippen LogP contribution in [0.3, 0.4) is 0 Å². The molecular weight excluding hydrogens is 180 g/mol. The molecule has 0 saturated heterocycles. The molecule has 0 fully saturated rings. The third-order valence-corrected chi connectivity index (χ3v) is 2.50. The summed E-state index contributed by atoms with van der Waals surface area (Å²) >= 11 is 0. The lowest BCUT2D eigenvalue weighted by Crippen LogP contribution is -2.54. The van der Waals surface area contributed by atoms with Gasteiger partial charge in [0.2, 0.25) is 5.91 Å². The van der Waals surface area contributed by atoms with E-state index in [2.05, 4.69) is 0 Å². The number of carbonyl (C=O) groups is 1. The highest BCUT2D eigenvalue weighted by molar-refractivity contribution is 5.85. The van der Waals surface area contributed by atoms with E-state index in [-0.39, 0.29) is 18.6 Å². The van der Waals surface area contributed by atoms with Gasteiger partial charge in [-0.2, -0.15) is 0 Å². The number of aliphatic hydroxyl groups is 1. The van der Waals surface area contributed by atoms with Gasteiger partial charge in [0.25, 0.3) is 0 Å². The molecule has 4 nitrogen and oxygen atoms in total. The summed E-state index contributed by atoms with van der Waals surface area (Å²) in [6.07, 6.45) is 1.54. The van der Waals surface area contributed by atoms with Crippen molar-refractivity contribution in [2.24, 2.45) is 5.73 Å². The van der Waals surface area contributed by atoms with Crippen molar-refractivity contribution in [3.63, 3.8) is 0 Å². The lowest BCUT2D eigenvalue weighted by Gasteiger charge is -2.32. The van der Waals surface area contributed by atoms with Crippen molar-refractivity contribution in [2.45, 2.75) is 45.2 Å². The number of aliphatic hydroxyl groups excluding tert-OH is 1. The minimum atomic E-state index is -0.813. The minimum absolute atomic E-state index is 0.0373. The van der Waals surface area contributed by atoms with Crippen molar-refractivity contribution in [3.8, 4) is 0 Å². The van der Waals surface area contributed by atoms with Crippen molar-refractivity contribution in [1.82, 2.24) is 4.90 Å². The minimum Gasteiger partial charge on any atom is -0.394 e. The Morgan fingerprint density at radius 2 is 2.14 bits per heavy atom. The van der Waals surface area contributed by atoms with Gasteiger partial charge in [-0.25, -0.2) is 0 Å². The van der Waals surface area contributed by atoms with Crippen LogP contribution in [-0.4, -0.2) is 41.1 Å². The highest BCUT2D eigenvalue weighted by atomic mass is 16.3. The molecule has 0 bridgehead atoms. The van der Waals surface area contributed by atoms with Gasteiger partial charge in [-0.05, 0) is 20.3 Å². The van der Waals surface area contributed by atoms with Crippen molar-refractivity contribution in [1.29, 1.82) is 0 Å². The average molecular weight is 202 g/mol. The molecule has 0 aliphatic heterocycles. The first kappa shape index (κ1) is 13.4. The molecule has 0 rings (SSSR count). The van der Waals surface area contributed by atoms with Crippen molar-refractivity contribution < 1.29 is 9.90 Å². The van der Waals surface area contributed by atoms with Gasteiger partial charge in [-0.1, -0.05) is 13.3 Å². The van der Waals surface area contributed by atoms with E-state index in [0.29, 0.717) is 6.42 Å². The Labute approximate surface area is 86.1 Å². The summed E-state index contributed by atoms with van der Waals surface area (Å²) in [6.45, 7) is 5.48. The molecule has 0 aromatic carbocycles. The van der Waals surface area contributed by atoms with E-state index in [4.69, 9.17) is 10.8 Å². The largest absolute Gasteiger partial charge is 0.394 e. The number of nitrogens with zero attached hydrogens (tertiary/aromatic N) is 1. The zero-order valence-corrected chi connectivity index (χ0v) is 9.58. The Hall–Kier alpha value is -0.610. The summed E-state index contributed by atoms with van der Waals surface area (Å²) in [7, 11) is 1.67. The lowest BCUT2D eigenvalue weighted by molar-refractivity contribution is -0.137. The van der Waals surface area contributed by atoms with Crippen LogP contribution in [0.1, 0.15) is 33.6 Å². The molecule has 2 atom stereocenters. The van der Waals surface area contributed by atoms with Crippen molar-refractivity contribution in [2.75, 3.05) is 13.7 Å². The van der Waals surface area contributed by atoms with Crippen LogP contribution in [0.15, 0.2) is 0 Å². The summed E-state index contributed by atoms with van der Waals surface area (Å²) < 4.78 is 0. The van der Waals surface area contributed by atoms with Crippen LogP contribution in [0, 0.1) is 0 Å². The molecule has 0 aliphatic carbocycles. The van der Waals surface area contributed by atoms with E-state index in [9.17, 15) is 4.79 Å². The van der Waals surface area contributed by atoms with Crippen LogP contribution in [-0.2, 0) is 4.79 Å². The molecule has 0 spiro atoms. The highest BCUT2D eigenvalue weighted by Gasteiger charge is 2.31. The topological polar surface area (TPSA) is 66.6 Å². The molecule has 3 N–H and O–H groups in total. The standard InChI is InChI=1S/C10H22N2O2/c1-5-6-10(3,11)9(14)12(4)8(2)7-13/h8,13H,5-7,11H2,1-4H3. The third-order valence-electron chi connectivity index (χ3n) is 2.50. The number of nitrogens with two attached hydrogens (primary N) is 1. The number of amides is 1. The number of likely N-dealkylation sites (N-methyl/N-ethyl adjacent to an activating group) is 1. The zero-order valence-electron chi connectivity index (χ0n) is 9.58. The second-order valence-corrected chi connectivity index (χ2v) is 4.12. The summed E-state index contributed by atoms with van der Waals surface area (Å²) in [4.78, 5) is 13.4. The molecular formula is C10H22N2O2. The number of hydrogen-bond acceptors (Lipinski definition) is 3. The third kappa shape index (κ3) is 3.27. The molecule has 0 saturated carbocycles. The van der Waals surface area contributed by atoms with Gasteiger partial charge >= 0.3 is 0 Å². The molecule has 0 aliphatic rings. The smallest absolute Gasteiger partial charge is 0.242 e. The highest BCUT2D eigenvalue weighted by Crippen LogP contribution is 2.13. The van der Waals surface area contributed by atoms with Crippen LogP contribution in [0.2, 0.25) is 0 Å². The number of carbonyl (C=O) groups excluding carboxylic acids is 1. The van der Waals surface area contributed by atoms with E-state index >= 15 is 0 Å². The number of hydrogen-bond donors (Lipinski definition) is 2. The van der Waals surface area contributed by atoms with Gasteiger partial charge in [0, 0.05) is 7.05 Å². The fourth-order valence-corrected chi connectivity index (χ4v) is 1.35. The predicted molar refractivity (Wildman–Crippen MR) is 56.8 cm³/mol. The van der Waals surface area contributed by atoms with Crippen LogP contribution >= 0.6 is 0 Å². The lowest BCUT2D eigenvalue weighted by atomic mass is 9.95. The van der Waals surface area contributed by atoms with Crippen LogP contribution in [0.4, 0.5) is 0 Å². The fourth-order valence-electron chi connectivity index (χ4n) is 1.35. The summed E-state index contributed by atoms with van der Waals surface area (Å²) in [5.74, 6) is -0.110. The maximum atomic E-state index is 11.8. The second kappa shape index (κ2) is 5.32. The monoisotopic (exact) mass is 202 g/mol. The van der Waals surface area contributed by atoms with Gasteiger partial charge < -0.3 is 15.7 Å². The van der Waals surface area contributed by atoms with E-state index in [1.165, 1.54) is 4.90 Å². The van der Waals surface area contributed by atoms with Gasteiger partial charge in [0.15, 0.2) is 0 Å². The first-order valence-corrected chi connectivity index (χ1v) is 5.03. The van der Waals surface area contributed by atoms with Gasteiger partial charge in [0.05, 0.1) is 18.2 Å². The summed E-state index contributed by atoms with van der Waals surface area (Å²) in [6, 6.07) is -0.178. The molecule has 4 heteroatoms. The van der Waals surface area contributed by atoms with Gasteiger partial charge in [-0.15, -0.1) is 0 Å². The van der Waals surface area contributed by atoms with E-state index < -0.39 is 5.54 Å². The zero-order chi connectivity index (χ0) is 11.4. The van der Waals surface area contributed by atoms with E-state index in [1.54, 1.807) is 20.9 Å². The Bertz CT molecular complexity index is 193. The Morgan fingerprint density at radius 1 is 1.64 bits per heavy atom. The van der Waals surface area contributed by atoms with E-state index in [0.717, 1.165) is 6.42 Å². The van der Waals surface area contributed by atoms with Crippen molar-refractivity contribution >= 4 is 5.91 Å².